The number of hydrogen-bond acceptors (Lipinski definition) is 5. The van der Waals surface area contributed by atoms with Gasteiger partial charge in [0, 0.05) is 30.5 Å². The van der Waals surface area contributed by atoms with Crippen molar-refractivity contribution in [2.45, 2.75) is 30.6 Å². The molecule has 6 nitrogen and oxygen atoms in total. The van der Waals surface area contributed by atoms with Crippen LogP contribution in [-0.2, 0) is 27.7 Å². The van der Waals surface area contributed by atoms with E-state index in [1.54, 1.807) is 0 Å². The number of aryl methyl sites for hydroxylation is 2. The number of anilines is 1. The van der Waals surface area contributed by atoms with Crippen LogP contribution in [0.2, 0.25) is 0 Å². The molecule has 1 fully saturated rings. The molecule has 2 heterocycles. The molecule has 4 aromatic rings. The number of thiazole rings is 1. The molecule has 6 rings (SSSR count). The molecule has 0 bridgehead atoms. The fourth-order valence-corrected chi connectivity index (χ4v) is 7.61. The van der Waals surface area contributed by atoms with Crippen LogP contribution < -0.4 is 5.32 Å². The van der Waals surface area contributed by atoms with Gasteiger partial charge in [-0.3, -0.25) is 4.79 Å². The topological polar surface area (TPSA) is 79.4 Å². The standard InChI is InChI=1S/C25H21F2N3O3S2/c26-17-6-7-21(19(27)13-17)35(32,33)30-10-8-15(9-11-30)24(31)29-25-28-23-18-3-1-2-14-4-5-16(22(14)18)12-20(23)34-25/h1-3,6-7,12-13,15H,4-5,8-11H2,(H,28,29,31). The van der Waals surface area contributed by atoms with E-state index in [9.17, 15) is 22.0 Å². The summed E-state index contributed by atoms with van der Waals surface area (Å²) in [6.07, 6.45) is 2.65. The molecule has 10 heteroatoms. The first kappa shape index (κ1) is 22.5. The van der Waals surface area contributed by atoms with Gasteiger partial charge in [-0.2, -0.15) is 4.31 Å². The van der Waals surface area contributed by atoms with Crippen LogP contribution in [0.1, 0.15) is 24.0 Å². The maximum absolute atomic E-state index is 14.1. The Hall–Kier alpha value is -2.95. The van der Waals surface area contributed by atoms with Crippen LogP contribution in [0.3, 0.4) is 0 Å². The van der Waals surface area contributed by atoms with Crippen molar-refractivity contribution >= 4 is 53.4 Å². The number of nitrogens with one attached hydrogen (secondary N) is 1. The quantitative estimate of drug-likeness (QED) is 0.423. The lowest BCUT2D eigenvalue weighted by atomic mass is 9.97. The summed E-state index contributed by atoms with van der Waals surface area (Å²) in [6.45, 7) is 0.154. The fraction of sp³-hybridized carbons (Fsp3) is 0.280. The average molecular weight is 514 g/mol. The third-order valence-electron chi connectivity index (χ3n) is 6.92. The maximum atomic E-state index is 14.1. The fourth-order valence-electron chi connectivity index (χ4n) is 5.15. The summed E-state index contributed by atoms with van der Waals surface area (Å²) in [5.74, 6) is -2.55. The highest BCUT2D eigenvalue weighted by atomic mass is 32.2. The molecule has 1 amide bonds. The second-order valence-electron chi connectivity index (χ2n) is 8.98. The van der Waals surface area contributed by atoms with Crippen LogP contribution in [-0.4, -0.2) is 36.7 Å². The van der Waals surface area contributed by atoms with Crippen molar-refractivity contribution in [1.82, 2.24) is 9.29 Å². The number of nitrogens with zero attached hydrogens (tertiary/aromatic N) is 2. The number of hydrogen-bond donors (Lipinski definition) is 1. The summed E-state index contributed by atoms with van der Waals surface area (Å²) >= 11 is 1.44. The molecular formula is C25H21F2N3O3S2. The number of carbonyl (C=O) groups excluding carboxylic acids is 1. The minimum Gasteiger partial charge on any atom is -0.302 e. The first-order valence-electron chi connectivity index (χ1n) is 11.4. The third kappa shape index (κ3) is 3.80. The van der Waals surface area contributed by atoms with Crippen LogP contribution in [0.5, 0.6) is 0 Å². The number of rotatable bonds is 4. The molecule has 35 heavy (non-hydrogen) atoms. The van der Waals surface area contributed by atoms with Crippen LogP contribution in [0.25, 0.3) is 21.0 Å². The molecular weight excluding hydrogens is 492 g/mol. The largest absolute Gasteiger partial charge is 0.302 e. The Labute approximate surface area is 204 Å². The highest BCUT2D eigenvalue weighted by molar-refractivity contribution is 7.89. The number of benzene rings is 3. The Morgan fingerprint density at radius 1 is 1.06 bits per heavy atom. The van der Waals surface area contributed by atoms with Gasteiger partial charge in [0.25, 0.3) is 0 Å². The Morgan fingerprint density at radius 2 is 1.83 bits per heavy atom. The lowest BCUT2D eigenvalue weighted by Gasteiger charge is -2.30. The Bertz CT molecular complexity index is 1610. The van der Waals surface area contributed by atoms with E-state index in [0.29, 0.717) is 24.0 Å². The summed E-state index contributed by atoms with van der Waals surface area (Å²) in [4.78, 5) is 17.1. The monoisotopic (exact) mass is 513 g/mol. The van der Waals surface area contributed by atoms with E-state index in [0.717, 1.165) is 44.9 Å². The molecule has 1 saturated heterocycles. The third-order valence-corrected chi connectivity index (χ3v) is 9.77. The predicted octanol–water partition coefficient (Wildman–Crippen LogP) is 4.87. The molecule has 3 aromatic carbocycles. The molecule has 1 N–H and O–H groups in total. The van der Waals surface area contributed by atoms with E-state index >= 15 is 0 Å². The summed E-state index contributed by atoms with van der Waals surface area (Å²) in [5, 5.41) is 5.82. The Balaban J connectivity index is 1.17. The van der Waals surface area contributed by atoms with Gasteiger partial charge in [-0.15, -0.1) is 0 Å². The molecule has 0 saturated carbocycles. The first-order chi connectivity index (χ1) is 16.8. The predicted molar refractivity (Wildman–Crippen MR) is 131 cm³/mol. The molecule has 1 aliphatic heterocycles. The van der Waals surface area contributed by atoms with Gasteiger partial charge >= 0.3 is 0 Å². The van der Waals surface area contributed by atoms with Crippen molar-refractivity contribution in [3.63, 3.8) is 0 Å². The Kier molecular flexibility index (Phi) is 5.35. The number of sulfonamides is 1. The second kappa shape index (κ2) is 8.32. The highest BCUT2D eigenvalue weighted by Gasteiger charge is 2.34. The normalized spacial score (nSPS) is 16.9. The molecule has 180 valence electrons. The molecule has 1 aliphatic carbocycles. The van der Waals surface area contributed by atoms with Gasteiger partial charge in [0.1, 0.15) is 16.5 Å². The van der Waals surface area contributed by atoms with Gasteiger partial charge in [-0.1, -0.05) is 29.5 Å². The van der Waals surface area contributed by atoms with Gasteiger partial charge < -0.3 is 5.32 Å². The summed E-state index contributed by atoms with van der Waals surface area (Å²) in [7, 11) is -4.11. The first-order valence-corrected chi connectivity index (χ1v) is 13.7. The zero-order chi connectivity index (χ0) is 24.3. The smallest absolute Gasteiger partial charge is 0.245 e. The van der Waals surface area contributed by atoms with Gasteiger partial charge in [0.05, 0.1) is 10.2 Å². The van der Waals surface area contributed by atoms with Crippen molar-refractivity contribution < 1.29 is 22.0 Å². The zero-order valence-corrected chi connectivity index (χ0v) is 20.2. The van der Waals surface area contributed by atoms with E-state index in [-0.39, 0.29) is 24.9 Å². The van der Waals surface area contributed by atoms with E-state index in [1.807, 2.05) is 6.07 Å². The average Bonchev–Trinajstić information content (AvgIpc) is 3.44. The molecule has 0 spiro atoms. The van der Waals surface area contributed by atoms with E-state index in [2.05, 4.69) is 23.5 Å². The zero-order valence-electron chi connectivity index (χ0n) is 18.6. The van der Waals surface area contributed by atoms with Crippen LogP contribution in [0.4, 0.5) is 13.9 Å². The van der Waals surface area contributed by atoms with Crippen molar-refractivity contribution in [1.29, 1.82) is 0 Å². The number of amides is 1. The minimum absolute atomic E-state index is 0.0772. The number of piperidine rings is 1. The van der Waals surface area contributed by atoms with Crippen molar-refractivity contribution in [3.05, 3.63) is 65.2 Å². The van der Waals surface area contributed by atoms with Crippen LogP contribution in [0, 0.1) is 17.6 Å². The van der Waals surface area contributed by atoms with Gasteiger partial charge in [-0.05, 0) is 60.4 Å². The SMILES string of the molecule is O=C(Nc1nc2c(cc3c4c(cccc42)CC3)s1)C1CCN(S(=O)(=O)c2ccc(F)cc2F)CC1. The number of halogens is 2. The van der Waals surface area contributed by atoms with E-state index in [4.69, 9.17) is 4.98 Å². The lowest BCUT2D eigenvalue weighted by molar-refractivity contribution is -0.120. The van der Waals surface area contributed by atoms with Gasteiger partial charge in [0.15, 0.2) is 5.13 Å². The highest BCUT2D eigenvalue weighted by Crippen LogP contribution is 2.39. The van der Waals surface area contributed by atoms with E-state index in [1.165, 1.54) is 27.8 Å². The summed E-state index contributed by atoms with van der Waals surface area (Å²) in [5.41, 5.74) is 3.53. The maximum Gasteiger partial charge on any atom is 0.245 e. The van der Waals surface area contributed by atoms with Crippen molar-refractivity contribution in [3.8, 4) is 0 Å². The summed E-state index contributed by atoms with van der Waals surface area (Å²) < 4.78 is 55.0. The van der Waals surface area contributed by atoms with Crippen LogP contribution in [0.15, 0.2) is 47.4 Å². The second-order valence-corrected chi connectivity index (χ2v) is 11.9. The van der Waals surface area contributed by atoms with Crippen molar-refractivity contribution in [2.24, 2.45) is 5.92 Å². The van der Waals surface area contributed by atoms with Crippen LogP contribution >= 0.6 is 11.3 Å². The number of fused-ring (bicyclic) bond motifs is 2. The number of aromatic nitrogens is 1. The van der Waals surface area contributed by atoms with Gasteiger partial charge in [0.2, 0.25) is 15.9 Å². The minimum atomic E-state index is -4.11. The molecule has 0 unspecified atom stereocenters. The molecule has 1 aromatic heterocycles. The number of carbonyl (C=O) groups is 1. The molecule has 0 atom stereocenters. The molecule has 0 radical (unpaired) electrons. The summed E-state index contributed by atoms with van der Waals surface area (Å²) in [6, 6.07) is 10.8. The lowest BCUT2D eigenvalue weighted by Crippen LogP contribution is -2.41. The van der Waals surface area contributed by atoms with E-state index < -0.39 is 26.6 Å². The Morgan fingerprint density at radius 3 is 2.60 bits per heavy atom. The van der Waals surface area contributed by atoms with Crippen molar-refractivity contribution in [2.75, 3.05) is 18.4 Å². The van der Waals surface area contributed by atoms with Gasteiger partial charge in [-0.25, -0.2) is 22.2 Å². The molecule has 2 aliphatic rings.